The highest BCUT2D eigenvalue weighted by Crippen LogP contribution is 2.39. The molecule has 31 heavy (non-hydrogen) atoms. The lowest BCUT2D eigenvalue weighted by Gasteiger charge is -2.18. The summed E-state index contributed by atoms with van der Waals surface area (Å²) >= 11 is 7.44. The van der Waals surface area contributed by atoms with E-state index in [1.807, 2.05) is 30.5 Å². The Bertz CT molecular complexity index is 917. The molecule has 1 aromatic heterocycles. The van der Waals surface area contributed by atoms with E-state index in [1.165, 1.54) is 18.9 Å². The zero-order valence-electron chi connectivity index (χ0n) is 17.8. The van der Waals surface area contributed by atoms with E-state index < -0.39 is 12.0 Å². The van der Waals surface area contributed by atoms with Gasteiger partial charge in [0.15, 0.2) is 11.0 Å². The van der Waals surface area contributed by atoms with Crippen LogP contribution in [0.2, 0.25) is 5.02 Å². The predicted molar refractivity (Wildman–Crippen MR) is 118 cm³/mol. The molecule has 168 valence electrons. The molecule has 1 amide bonds. The molecule has 1 heterocycles. The number of nitrogens with one attached hydrogen (secondary N) is 1. The van der Waals surface area contributed by atoms with Crippen LogP contribution in [0.15, 0.2) is 29.4 Å². The number of para-hydroxylation sites is 1. The van der Waals surface area contributed by atoms with Gasteiger partial charge in [0.1, 0.15) is 18.4 Å². The van der Waals surface area contributed by atoms with Crippen molar-refractivity contribution in [1.82, 2.24) is 20.1 Å². The highest BCUT2D eigenvalue weighted by molar-refractivity contribution is 7.99. The highest BCUT2D eigenvalue weighted by atomic mass is 35.5. The average Bonchev–Trinajstić information content (AvgIpc) is 3.50. The van der Waals surface area contributed by atoms with Crippen molar-refractivity contribution < 1.29 is 19.1 Å². The Kier molecular flexibility index (Phi) is 8.20. The van der Waals surface area contributed by atoms with Crippen molar-refractivity contribution in [3.8, 4) is 5.75 Å². The van der Waals surface area contributed by atoms with Crippen molar-refractivity contribution in [3.63, 3.8) is 0 Å². The van der Waals surface area contributed by atoms with Crippen LogP contribution in [0.25, 0.3) is 0 Å². The third-order valence-electron chi connectivity index (χ3n) is 4.70. The van der Waals surface area contributed by atoms with E-state index in [2.05, 4.69) is 15.5 Å². The smallest absolute Gasteiger partial charge is 0.328 e. The number of aromatic nitrogens is 3. The molecule has 2 aromatic rings. The minimum Gasteiger partial charge on any atom is -0.484 e. The molecule has 10 heteroatoms. The Labute approximate surface area is 191 Å². The normalized spacial score (nSPS) is 14.4. The maximum absolute atomic E-state index is 12.4. The molecule has 8 nitrogen and oxygen atoms in total. The largest absolute Gasteiger partial charge is 0.484 e. The van der Waals surface area contributed by atoms with Gasteiger partial charge in [-0.1, -0.05) is 49.3 Å². The number of hydrogen-bond donors (Lipinski definition) is 1. The van der Waals surface area contributed by atoms with Crippen LogP contribution in [0, 0.1) is 5.92 Å². The number of halogens is 1. The van der Waals surface area contributed by atoms with Crippen LogP contribution in [-0.4, -0.2) is 45.5 Å². The first-order valence-corrected chi connectivity index (χ1v) is 11.6. The van der Waals surface area contributed by atoms with E-state index in [9.17, 15) is 9.59 Å². The van der Waals surface area contributed by atoms with E-state index in [0.29, 0.717) is 34.2 Å². The fourth-order valence-corrected chi connectivity index (χ4v) is 4.13. The van der Waals surface area contributed by atoms with Crippen LogP contribution in [0.4, 0.5) is 0 Å². The number of benzene rings is 1. The molecule has 1 aliphatic rings. The van der Waals surface area contributed by atoms with Crippen molar-refractivity contribution in [1.29, 1.82) is 0 Å². The molecule has 1 saturated carbocycles. The van der Waals surface area contributed by atoms with Gasteiger partial charge in [-0.2, -0.15) is 0 Å². The van der Waals surface area contributed by atoms with Gasteiger partial charge in [-0.05, 0) is 37.3 Å². The molecular formula is C21H27ClN4O4S. The second kappa shape index (κ2) is 10.9. The Morgan fingerprint density at radius 3 is 2.68 bits per heavy atom. The number of esters is 1. The lowest BCUT2D eigenvalue weighted by atomic mass is 10.0. The zero-order valence-corrected chi connectivity index (χ0v) is 19.4. The van der Waals surface area contributed by atoms with E-state index in [1.54, 1.807) is 12.1 Å². The van der Waals surface area contributed by atoms with Crippen LogP contribution < -0.4 is 10.1 Å². The van der Waals surface area contributed by atoms with E-state index in [-0.39, 0.29) is 24.2 Å². The van der Waals surface area contributed by atoms with Gasteiger partial charge in [0.2, 0.25) is 5.91 Å². The van der Waals surface area contributed by atoms with Crippen molar-refractivity contribution in [2.24, 2.45) is 5.92 Å². The van der Waals surface area contributed by atoms with Gasteiger partial charge in [-0.25, -0.2) is 4.79 Å². The molecule has 0 aliphatic heterocycles. The molecule has 1 aromatic carbocycles. The summed E-state index contributed by atoms with van der Waals surface area (Å²) in [5.74, 6) is 0.963. The number of carbonyl (C=O) groups excluding carboxylic acids is 2. The van der Waals surface area contributed by atoms with Gasteiger partial charge in [0.25, 0.3) is 0 Å². The third-order valence-corrected chi connectivity index (χ3v) is 5.96. The molecule has 0 bridgehead atoms. The van der Waals surface area contributed by atoms with Gasteiger partial charge in [-0.3, -0.25) is 9.36 Å². The molecule has 0 spiro atoms. The van der Waals surface area contributed by atoms with Crippen LogP contribution in [0.1, 0.15) is 45.0 Å². The summed E-state index contributed by atoms with van der Waals surface area (Å²) < 4.78 is 12.6. The molecule has 0 radical (unpaired) electrons. The maximum atomic E-state index is 12.4. The minimum absolute atomic E-state index is 0.127. The van der Waals surface area contributed by atoms with Crippen molar-refractivity contribution in [2.45, 2.75) is 57.0 Å². The summed E-state index contributed by atoms with van der Waals surface area (Å²) in [7, 11) is 1.32. The standard InChI is InChI=1S/C21H27ClN4O4S/c1-13(2)10-16(20(28)29-3)23-19(27)12-31-21-25-24-18(26(21)14-8-9-14)11-30-17-7-5-4-6-15(17)22/h4-7,13-14,16H,8-12H2,1-3H3,(H,23,27)/t16-/m0/s1. The fraction of sp³-hybridized carbons (Fsp3) is 0.524. The van der Waals surface area contributed by atoms with Crippen molar-refractivity contribution in [3.05, 3.63) is 35.1 Å². The van der Waals surface area contributed by atoms with Crippen LogP contribution >= 0.6 is 23.4 Å². The van der Waals surface area contributed by atoms with Gasteiger partial charge in [0.05, 0.1) is 17.9 Å². The first kappa shape index (κ1) is 23.4. The molecule has 1 aliphatic carbocycles. The monoisotopic (exact) mass is 466 g/mol. The number of ether oxygens (including phenoxy) is 2. The highest BCUT2D eigenvalue weighted by Gasteiger charge is 2.30. The van der Waals surface area contributed by atoms with Gasteiger partial charge < -0.3 is 14.8 Å². The van der Waals surface area contributed by atoms with Gasteiger partial charge >= 0.3 is 5.97 Å². The number of methoxy groups -OCH3 is 1. The second-order valence-electron chi connectivity index (χ2n) is 7.78. The Balaban J connectivity index is 1.61. The minimum atomic E-state index is -0.654. The Morgan fingerprint density at radius 1 is 1.29 bits per heavy atom. The lowest BCUT2D eigenvalue weighted by molar-refractivity contribution is -0.145. The van der Waals surface area contributed by atoms with E-state index in [0.717, 1.165) is 12.8 Å². The molecule has 1 atom stereocenters. The van der Waals surface area contributed by atoms with Gasteiger partial charge in [0, 0.05) is 6.04 Å². The Morgan fingerprint density at radius 2 is 2.03 bits per heavy atom. The maximum Gasteiger partial charge on any atom is 0.328 e. The van der Waals surface area contributed by atoms with Crippen molar-refractivity contribution >= 4 is 35.2 Å². The summed E-state index contributed by atoms with van der Waals surface area (Å²) in [5, 5.41) is 12.5. The number of carbonyl (C=O) groups is 2. The number of thioether (sulfide) groups is 1. The quantitative estimate of drug-likeness (QED) is 0.399. The first-order chi connectivity index (χ1) is 14.9. The van der Waals surface area contributed by atoms with Gasteiger partial charge in [-0.15, -0.1) is 10.2 Å². The number of amides is 1. The van der Waals surface area contributed by atoms with Crippen LogP contribution in [0.3, 0.4) is 0 Å². The summed E-state index contributed by atoms with van der Waals surface area (Å²) in [4.78, 5) is 24.4. The molecule has 0 saturated heterocycles. The Hall–Kier alpha value is -2.26. The van der Waals surface area contributed by atoms with E-state index >= 15 is 0 Å². The molecule has 3 rings (SSSR count). The first-order valence-electron chi connectivity index (χ1n) is 10.2. The van der Waals surface area contributed by atoms with Crippen LogP contribution in [-0.2, 0) is 20.9 Å². The summed E-state index contributed by atoms with van der Waals surface area (Å²) in [6.45, 7) is 4.21. The topological polar surface area (TPSA) is 95.3 Å². The average molecular weight is 467 g/mol. The molecule has 1 N–H and O–H groups in total. The van der Waals surface area contributed by atoms with Crippen LogP contribution in [0.5, 0.6) is 5.75 Å². The number of rotatable bonds is 11. The number of nitrogens with zero attached hydrogens (tertiary/aromatic N) is 3. The summed E-state index contributed by atoms with van der Waals surface area (Å²) in [6.07, 6.45) is 2.59. The van der Waals surface area contributed by atoms with E-state index in [4.69, 9.17) is 21.1 Å². The summed E-state index contributed by atoms with van der Waals surface area (Å²) in [5.41, 5.74) is 0. The molecule has 1 fully saturated rings. The predicted octanol–water partition coefficient (Wildman–Crippen LogP) is 3.64. The SMILES string of the molecule is COC(=O)[C@H](CC(C)C)NC(=O)CSc1nnc(COc2ccccc2Cl)n1C1CC1. The fourth-order valence-electron chi connectivity index (χ4n) is 3.10. The lowest BCUT2D eigenvalue weighted by Crippen LogP contribution is -2.43. The third kappa shape index (κ3) is 6.61. The summed E-state index contributed by atoms with van der Waals surface area (Å²) in [6, 6.07) is 6.92. The molecular weight excluding hydrogens is 440 g/mol. The second-order valence-corrected chi connectivity index (χ2v) is 9.13. The zero-order chi connectivity index (χ0) is 22.4. The van der Waals surface area contributed by atoms with Crippen molar-refractivity contribution in [2.75, 3.05) is 12.9 Å². The molecule has 0 unspecified atom stereocenters. The number of hydrogen-bond acceptors (Lipinski definition) is 7.